The van der Waals surface area contributed by atoms with Crippen LogP contribution in [0.5, 0.6) is 0 Å². The highest BCUT2D eigenvalue weighted by molar-refractivity contribution is 5.81. The molecule has 0 aliphatic rings. The summed E-state index contributed by atoms with van der Waals surface area (Å²) >= 11 is 0. The number of aryl methyl sites for hydroxylation is 1. The van der Waals surface area contributed by atoms with Crippen LogP contribution in [0.1, 0.15) is 11.5 Å². The van der Waals surface area contributed by atoms with Crippen LogP contribution in [0.25, 0.3) is 11.1 Å². The smallest absolute Gasteiger partial charge is 0.224 e. The normalized spacial score (nSPS) is 10.4. The van der Waals surface area contributed by atoms with Gasteiger partial charge in [-0.2, -0.15) is 0 Å². The Morgan fingerprint density at radius 1 is 1.59 bits per heavy atom. The number of rotatable bonds is 4. The number of oxazole rings is 1. The first kappa shape index (κ1) is 11.4. The van der Waals surface area contributed by atoms with Crippen LogP contribution in [0.3, 0.4) is 0 Å². The van der Waals surface area contributed by atoms with Gasteiger partial charge in [0, 0.05) is 13.5 Å². The van der Waals surface area contributed by atoms with E-state index in [0.29, 0.717) is 18.9 Å². The molecule has 0 spiro atoms. The quantitative estimate of drug-likeness (QED) is 0.817. The maximum atomic E-state index is 11.5. The van der Waals surface area contributed by atoms with E-state index in [1.807, 2.05) is 18.2 Å². The van der Waals surface area contributed by atoms with Gasteiger partial charge in [0.25, 0.3) is 0 Å². The van der Waals surface area contributed by atoms with E-state index in [4.69, 9.17) is 4.42 Å². The van der Waals surface area contributed by atoms with Gasteiger partial charge in [0.1, 0.15) is 5.52 Å². The van der Waals surface area contributed by atoms with Crippen molar-refractivity contribution in [3.63, 3.8) is 0 Å². The Hall–Kier alpha value is -2.10. The molecule has 1 heterocycles. The first-order valence-electron chi connectivity index (χ1n) is 5.42. The zero-order valence-electron chi connectivity index (χ0n) is 9.69. The Kier molecular flexibility index (Phi) is 3.23. The van der Waals surface area contributed by atoms with Crippen LogP contribution in [0, 0.1) is 6.92 Å². The van der Waals surface area contributed by atoms with Crippen LogP contribution in [0.15, 0.2) is 35.3 Å². The molecule has 1 aromatic heterocycles. The fourth-order valence-corrected chi connectivity index (χ4v) is 1.63. The average Bonchev–Trinajstić information content (AvgIpc) is 2.65. The van der Waals surface area contributed by atoms with Crippen LogP contribution >= 0.6 is 0 Å². The van der Waals surface area contributed by atoms with Gasteiger partial charge in [-0.3, -0.25) is 4.79 Å². The van der Waals surface area contributed by atoms with Crippen molar-refractivity contribution in [3.05, 3.63) is 42.3 Å². The molecule has 1 amide bonds. The van der Waals surface area contributed by atoms with Gasteiger partial charge in [0.15, 0.2) is 11.5 Å². The second kappa shape index (κ2) is 4.82. The number of carbonyl (C=O) groups excluding carboxylic acids is 1. The van der Waals surface area contributed by atoms with E-state index in [-0.39, 0.29) is 5.91 Å². The second-order valence-electron chi connectivity index (χ2n) is 3.80. The standard InChI is InChI=1S/C13H14N2O2/c1-3-6-14-13(16)8-10-4-5-12-11(7-10)15-9(2)17-12/h3-5,7H,1,6,8H2,2H3,(H,14,16). The fraction of sp³-hybridized carbons (Fsp3) is 0.231. The van der Waals surface area contributed by atoms with Gasteiger partial charge in [0.05, 0.1) is 6.42 Å². The predicted octanol–water partition coefficient (Wildman–Crippen LogP) is 1.98. The summed E-state index contributed by atoms with van der Waals surface area (Å²) in [5.41, 5.74) is 2.46. The van der Waals surface area contributed by atoms with Crippen molar-refractivity contribution in [2.75, 3.05) is 6.54 Å². The largest absolute Gasteiger partial charge is 0.441 e. The van der Waals surface area contributed by atoms with Crippen molar-refractivity contribution in [1.82, 2.24) is 10.3 Å². The van der Waals surface area contributed by atoms with E-state index >= 15 is 0 Å². The summed E-state index contributed by atoms with van der Waals surface area (Å²) in [6.07, 6.45) is 2.00. The van der Waals surface area contributed by atoms with Crippen LogP contribution in [-0.4, -0.2) is 17.4 Å². The first-order chi connectivity index (χ1) is 8.19. The molecule has 0 saturated heterocycles. The Morgan fingerprint density at radius 3 is 3.18 bits per heavy atom. The third-order valence-electron chi connectivity index (χ3n) is 2.37. The number of aromatic nitrogens is 1. The molecule has 0 fully saturated rings. The second-order valence-corrected chi connectivity index (χ2v) is 3.80. The molecular formula is C13H14N2O2. The zero-order valence-corrected chi connectivity index (χ0v) is 9.69. The number of hydrogen-bond donors (Lipinski definition) is 1. The summed E-state index contributed by atoms with van der Waals surface area (Å²) in [5.74, 6) is 0.609. The van der Waals surface area contributed by atoms with Crippen molar-refractivity contribution < 1.29 is 9.21 Å². The molecule has 0 atom stereocenters. The zero-order chi connectivity index (χ0) is 12.3. The minimum Gasteiger partial charge on any atom is -0.441 e. The number of amides is 1. The summed E-state index contributed by atoms with van der Waals surface area (Å²) < 4.78 is 5.37. The molecule has 2 aromatic rings. The summed E-state index contributed by atoms with van der Waals surface area (Å²) in [7, 11) is 0. The summed E-state index contributed by atoms with van der Waals surface area (Å²) in [4.78, 5) is 15.7. The van der Waals surface area contributed by atoms with Crippen molar-refractivity contribution in [3.8, 4) is 0 Å². The predicted molar refractivity (Wildman–Crippen MR) is 65.7 cm³/mol. The van der Waals surface area contributed by atoms with Crippen molar-refractivity contribution >= 4 is 17.0 Å². The van der Waals surface area contributed by atoms with Gasteiger partial charge in [-0.1, -0.05) is 12.1 Å². The van der Waals surface area contributed by atoms with Gasteiger partial charge >= 0.3 is 0 Å². The average molecular weight is 230 g/mol. The van der Waals surface area contributed by atoms with Gasteiger partial charge in [-0.25, -0.2) is 4.98 Å². The Bertz CT molecular complexity index is 558. The molecule has 0 bridgehead atoms. The lowest BCUT2D eigenvalue weighted by Crippen LogP contribution is -2.24. The number of hydrogen-bond acceptors (Lipinski definition) is 3. The molecule has 2 rings (SSSR count). The highest BCUT2D eigenvalue weighted by Crippen LogP contribution is 2.16. The highest BCUT2D eigenvalue weighted by Gasteiger charge is 2.06. The van der Waals surface area contributed by atoms with E-state index < -0.39 is 0 Å². The van der Waals surface area contributed by atoms with Gasteiger partial charge in [0.2, 0.25) is 5.91 Å². The van der Waals surface area contributed by atoms with Crippen LogP contribution in [-0.2, 0) is 11.2 Å². The van der Waals surface area contributed by atoms with Crippen LogP contribution in [0.2, 0.25) is 0 Å². The number of fused-ring (bicyclic) bond motifs is 1. The van der Waals surface area contributed by atoms with Gasteiger partial charge < -0.3 is 9.73 Å². The maximum Gasteiger partial charge on any atom is 0.224 e. The van der Waals surface area contributed by atoms with Crippen LogP contribution < -0.4 is 5.32 Å². The lowest BCUT2D eigenvalue weighted by atomic mass is 10.1. The topological polar surface area (TPSA) is 55.1 Å². The number of nitrogens with one attached hydrogen (secondary N) is 1. The lowest BCUT2D eigenvalue weighted by Gasteiger charge is -2.01. The van der Waals surface area contributed by atoms with E-state index in [0.717, 1.165) is 16.7 Å². The van der Waals surface area contributed by atoms with Gasteiger partial charge in [-0.05, 0) is 17.7 Å². The molecule has 4 heteroatoms. The number of benzene rings is 1. The molecule has 0 unspecified atom stereocenters. The lowest BCUT2D eigenvalue weighted by molar-refractivity contribution is -0.120. The molecule has 17 heavy (non-hydrogen) atoms. The monoisotopic (exact) mass is 230 g/mol. The summed E-state index contributed by atoms with van der Waals surface area (Å²) in [6, 6.07) is 5.59. The third-order valence-corrected chi connectivity index (χ3v) is 2.37. The number of carbonyl (C=O) groups is 1. The highest BCUT2D eigenvalue weighted by atomic mass is 16.3. The minimum atomic E-state index is -0.0236. The van der Waals surface area contributed by atoms with E-state index in [1.165, 1.54) is 0 Å². The molecule has 1 N–H and O–H groups in total. The van der Waals surface area contributed by atoms with Crippen molar-refractivity contribution in [2.45, 2.75) is 13.3 Å². The first-order valence-corrected chi connectivity index (χ1v) is 5.42. The van der Waals surface area contributed by atoms with E-state index in [1.54, 1.807) is 13.0 Å². The van der Waals surface area contributed by atoms with E-state index in [9.17, 15) is 4.79 Å². The molecule has 0 saturated carbocycles. The molecular weight excluding hydrogens is 216 g/mol. The summed E-state index contributed by atoms with van der Waals surface area (Å²) in [5, 5.41) is 2.73. The molecule has 4 nitrogen and oxygen atoms in total. The van der Waals surface area contributed by atoms with Gasteiger partial charge in [-0.15, -0.1) is 6.58 Å². The third kappa shape index (κ3) is 2.72. The van der Waals surface area contributed by atoms with Crippen molar-refractivity contribution in [2.24, 2.45) is 0 Å². The molecule has 0 aliphatic heterocycles. The van der Waals surface area contributed by atoms with Crippen molar-refractivity contribution in [1.29, 1.82) is 0 Å². The van der Waals surface area contributed by atoms with E-state index in [2.05, 4.69) is 16.9 Å². The SMILES string of the molecule is C=CCNC(=O)Cc1ccc2oc(C)nc2c1. The maximum absolute atomic E-state index is 11.5. The molecule has 1 aromatic carbocycles. The number of nitrogens with zero attached hydrogens (tertiary/aromatic N) is 1. The van der Waals surface area contributed by atoms with Crippen LogP contribution in [0.4, 0.5) is 0 Å². The summed E-state index contributed by atoms with van der Waals surface area (Å²) in [6.45, 7) is 5.84. The fourth-order valence-electron chi connectivity index (χ4n) is 1.63. The molecule has 0 aliphatic carbocycles. The molecule has 0 radical (unpaired) electrons. The minimum absolute atomic E-state index is 0.0236. The molecule has 88 valence electrons. The Balaban J connectivity index is 2.13. The Morgan fingerprint density at radius 2 is 2.41 bits per heavy atom. The Labute approximate surface area is 99.3 Å².